The summed E-state index contributed by atoms with van der Waals surface area (Å²) in [5.41, 5.74) is 0. The fourth-order valence-corrected chi connectivity index (χ4v) is 1.06. The van der Waals surface area contributed by atoms with E-state index in [9.17, 15) is 9.59 Å². The van der Waals surface area contributed by atoms with Crippen LogP contribution in [0.15, 0.2) is 13.6 Å². The van der Waals surface area contributed by atoms with Crippen molar-refractivity contribution in [2.75, 3.05) is 6.54 Å². The Bertz CT molecular complexity index is 392. The zero-order chi connectivity index (χ0) is 12.0. The van der Waals surface area contributed by atoms with Crippen molar-refractivity contribution in [3.8, 4) is 0 Å². The fraction of sp³-hybridized carbons (Fsp3) is 0.600. The summed E-state index contributed by atoms with van der Waals surface area (Å²) in [5.74, 6) is -0.232. The lowest BCUT2D eigenvalue weighted by molar-refractivity contribution is 0.130. The van der Waals surface area contributed by atoms with Gasteiger partial charge in [0.25, 0.3) is 0 Å². The molecule has 0 saturated carbocycles. The molecule has 1 N–H and O–H groups in total. The number of aryl methyl sites for hydroxylation is 1. The van der Waals surface area contributed by atoms with Gasteiger partial charge in [0.15, 0.2) is 18.1 Å². The van der Waals surface area contributed by atoms with Gasteiger partial charge < -0.3 is 18.9 Å². The van der Waals surface area contributed by atoms with Crippen LogP contribution in [0.25, 0.3) is 0 Å². The third-order valence-electron chi connectivity index (χ3n) is 1.97. The first-order valence-electron chi connectivity index (χ1n) is 5.13. The number of rotatable bonds is 5. The maximum Gasteiger partial charge on any atom is 0.519 e. The van der Waals surface area contributed by atoms with Gasteiger partial charge in [0.1, 0.15) is 0 Å². The van der Waals surface area contributed by atoms with E-state index in [1.807, 2.05) is 6.92 Å². The van der Waals surface area contributed by atoms with E-state index < -0.39 is 11.9 Å². The number of ether oxygens (including phenoxy) is 1. The molecule has 90 valence electrons. The Morgan fingerprint density at radius 2 is 2.19 bits per heavy atom. The van der Waals surface area contributed by atoms with Crippen LogP contribution in [0.5, 0.6) is 0 Å². The topological polar surface area (TPSA) is 81.7 Å². The Hall–Kier alpha value is -1.72. The molecule has 0 unspecified atom stereocenters. The first-order chi connectivity index (χ1) is 7.63. The van der Waals surface area contributed by atoms with Gasteiger partial charge in [-0.25, -0.2) is 9.59 Å². The quantitative estimate of drug-likeness (QED) is 0.775. The van der Waals surface area contributed by atoms with Gasteiger partial charge in [-0.15, -0.1) is 0 Å². The minimum Gasteiger partial charge on any atom is -0.441 e. The number of amides is 1. The van der Waals surface area contributed by atoms with Crippen molar-refractivity contribution in [2.24, 2.45) is 0 Å². The highest BCUT2D eigenvalue weighted by Gasteiger charge is 2.10. The highest BCUT2D eigenvalue weighted by molar-refractivity contribution is 5.66. The van der Waals surface area contributed by atoms with Crippen LogP contribution in [-0.2, 0) is 11.3 Å². The molecule has 0 spiro atoms. The van der Waals surface area contributed by atoms with Crippen molar-refractivity contribution in [1.82, 2.24) is 5.32 Å². The van der Waals surface area contributed by atoms with Gasteiger partial charge in [-0.2, -0.15) is 0 Å². The van der Waals surface area contributed by atoms with E-state index in [4.69, 9.17) is 4.74 Å². The van der Waals surface area contributed by atoms with Crippen LogP contribution in [0.3, 0.4) is 0 Å². The van der Waals surface area contributed by atoms with E-state index >= 15 is 0 Å². The number of carbonyl (C=O) groups excluding carboxylic acids is 1. The van der Waals surface area contributed by atoms with Gasteiger partial charge in [0.05, 0.1) is 0 Å². The van der Waals surface area contributed by atoms with E-state index in [1.165, 1.54) is 0 Å². The lowest BCUT2D eigenvalue weighted by Crippen LogP contribution is -2.25. The standard InChI is InChI=1S/C10H15NO5/c1-3-4-5-11-9(12)14-6-8-7(2)15-10(13)16-8/h3-6H2,1-2H3,(H,11,12). The molecule has 0 aliphatic rings. The second kappa shape index (κ2) is 5.99. The van der Waals surface area contributed by atoms with Crippen LogP contribution in [-0.4, -0.2) is 12.6 Å². The molecule has 1 rings (SSSR count). The maximum atomic E-state index is 11.1. The smallest absolute Gasteiger partial charge is 0.441 e. The van der Waals surface area contributed by atoms with E-state index in [2.05, 4.69) is 14.2 Å². The zero-order valence-corrected chi connectivity index (χ0v) is 9.37. The van der Waals surface area contributed by atoms with Crippen molar-refractivity contribution in [3.63, 3.8) is 0 Å². The molecule has 0 atom stereocenters. The average Bonchev–Trinajstić information content (AvgIpc) is 2.55. The summed E-state index contributed by atoms with van der Waals surface area (Å²) in [4.78, 5) is 21.8. The van der Waals surface area contributed by atoms with Crippen molar-refractivity contribution >= 4 is 6.09 Å². The first-order valence-corrected chi connectivity index (χ1v) is 5.13. The molecule has 0 radical (unpaired) electrons. The van der Waals surface area contributed by atoms with Gasteiger partial charge in [0, 0.05) is 6.54 Å². The van der Waals surface area contributed by atoms with Gasteiger partial charge in [0.2, 0.25) is 0 Å². The number of nitrogens with one attached hydrogen (secondary N) is 1. The van der Waals surface area contributed by atoms with Crippen LogP contribution in [0.4, 0.5) is 4.79 Å². The Kier molecular flexibility index (Phi) is 4.63. The normalized spacial score (nSPS) is 10.1. The van der Waals surface area contributed by atoms with Crippen LogP contribution in [0.2, 0.25) is 0 Å². The zero-order valence-electron chi connectivity index (χ0n) is 9.37. The molecule has 6 heteroatoms. The first kappa shape index (κ1) is 12.4. The van der Waals surface area contributed by atoms with Crippen molar-refractivity contribution in [3.05, 3.63) is 22.1 Å². The Balaban J connectivity index is 2.31. The largest absolute Gasteiger partial charge is 0.519 e. The monoisotopic (exact) mass is 229 g/mol. The molecule has 1 aromatic heterocycles. The third-order valence-corrected chi connectivity index (χ3v) is 1.97. The Morgan fingerprint density at radius 1 is 1.44 bits per heavy atom. The summed E-state index contributed by atoms with van der Waals surface area (Å²) in [6, 6.07) is 0. The average molecular weight is 229 g/mol. The van der Waals surface area contributed by atoms with Crippen LogP contribution >= 0.6 is 0 Å². The SMILES string of the molecule is CCCCNC(=O)OCc1oc(=O)oc1C. The second-order valence-corrected chi connectivity index (χ2v) is 3.29. The molecule has 6 nitrogen and oxygen atoms in total. The predicted molar refractivity (Wildman–Crippen MR) is 55.1 cm³/mol. The number of unbranched alkanes of at least 4 members (excludes halogenated alkanes) is 1. The van der Waals surface area contributed by atoms with Crippen LogP contribution in [0.1, 0.15) is 31.3 Å². The number of hydrogen-bond acceptors (Lipinski definition) is 5. The molecule has 0 fully saturated rings. The third kappa shape index (κ3) is 3.80. The number of alkyl carbamates (subject to hydrolysis) is 1. The Labute approximate surface area is 92.6 Å². The minimum absolute atomic E-state index is 0.102. The molecule has 0 aliphatic carbocycles. The second-order valence-electron chi connectivity index (χ2n) is 3.29. The van der Waals surface area contributed by atoms with Crippen LogP contribution < -0.4 is 11.1 Å². The number of carbonyl (C=O) groups is 1. The molecule has 1 aromatic rings. The van der Waals surface area contributed by atoms with Gasteiger partial charge in [-0.1, -0.05) is 13.3 Å². The lowest BCUT2D eigenvalue weighted by atomic mass is 10.3. The summed E-state index contributed by atoms with van der Waals surface area (Å²) in [5, 5.41) is 2.57. The molecule has 1 amide bonds. The summed E-state index contributed by atoms with van der Waals surface area (Å²) < 4.78 is 14.1. The molecule has 0 bridgehead atoms. The van der Waals surface area contributed by atoms with Crippen LogP contribution in [0, 0.1) is 6.92 Å². The summed E-state index contributed by atoms with van der Waals surface area (Å²) >= 11 is 0. The highest BCUT2D eigenvalue weighted by Crippen LogP contribution is 2.06. The Morgan fingerprint density at radius 3 is 2.75 bits per heavy atom. The summed E-state index contributed by atoms with van der Waals surface area (Å²) in [7, 11) is 0. The summed E-state index contributed by atoms with van der Waals surface area (Å²) in [6.07, 6.45) is 1.36. The maximum absolute atomic E-state index is 11.1. The van der Waals surface area contributed by atoms with E-state index in [1.54, 1.807) is 6.92 Å². The highest BCUT2D eigenvalue weighted by atomic mass is 16.6. The van der Waals surface area contributed by atoms with Crippen molar-refractivity contribution < 1.29 is 18.4 Å². The van der Waals surface area contributed by atoms with Gasteiger partial charge >= 0.3 is 11.9 Å². The van der Waals surface area contributed by atoms with E-state index in [0.29, 0.717) is 12.3 Å². The molecule has 16 heavy (non-hydrogen) atoms. The predicted octanol–water partition coefficient (Wildman–Crippen LogP) is 1.57. The number of hydrogen-bond donors (Lipinski definition) is 1. The van der Waals surface area contributed by atoms with E-state index in [0.717, 1.165) is 12.8 Å². The minimum atomic E-state index is -0.789. The van der Waals surface area contributed by atoms with Gasteiger partial charge in [-0.05, 0) is 13.3 Å². The molecule has 0 saturated heterocycles. The van der Waals surface area contributed by atoms with Gasteiger partial charge in [-0.3, -0.25) is 0 Å². The molecule has 0 aromatic carbocycles. The molecular formula is C10H15NO5. The molecular weight excluding hydrogens is 214 g/mol. The molecule has 0 aliphatic heterocycles. The summed E-state index contributed by atoms with van der Waals surface area (Å²) in [6.45, 7) is 4.06. The lowest BCUT2D eigenvalue weighted by Gasteiger charge is -2.04. The van der Waals surface area contributed by atoms with E-state index in [-0.39, 0.29) is 12.4 Å². The molecule has 1 heterocycles. The van der Waals surface area contributed by atoms with Crippen molar-refractivity contribution in [1.29, 1.82) is 0 Å². The fourth-order valence-electron chi connectivity index (χ4n) is 1.06. The van der Waals surface area contributed by atoms with Crippen molar-refractivity contribution in [2.45, 2.75) is 33.3 Å².